The molecule has 4 heteroatoms. The van der Waals surface area contributed by atoms with Crippen LogP contribution in [0.2, 0.25) is 0 Å². The molecule has 1 aliphatic rings. The minimum atomic E-state index is 0.396. The maximum Gasteiger partial charge on any atom is 0.219 e. The Balaban J connectivity index is 1.73. The summed E-state index contributed by atoms with van der Waals surface area (Å²) < 4.78 is 5.68. The van der Waals surface area contributed by atoms with Crippen molar-refractivity contribution >= 4 is 0 Å². The third kappa shape index (κ3) is 4.11. The number of hydrogen-bond donors (Lipinski definition) is 1. The van der Waals surface area contributed by atoms with Crippen LogP contribution in [0.15, 0.2) is 4.42 Å². The van der Waals surface area contributed by atoms with Gasteiger partial charge in [0.05, 0.1) is 0 Å². The fourth-order valence-corrected chi connectivity index (χ4v) is 1.87. The van der Waals surface area contributed by atoms with Gasteiger partial charge in [0.25, 0.3) is 0 Å². The predicted octanol–water partition coefficient (Wildman–Crippen LogP) is 2.66. The Morgan fingerprint density at radius 1 is 1.41 bits per heavy atom. The number of nitrogens with one attached hydrogen (secondary N) is 1. The number of nitrogens with zero attached hydrogens (tertiary/aromatic N) is 2. The summed E-state index contributed by atoms with van der Waals surface area (Å²) in [6.45, 7) is 5.32. The molecule has 1 fully saturated rings. The third-order valence-electron chi connectivity index (χ3n) is 3.24. The lowest BCUT2D eigenvalue weighted by Gasteiger charge is -2.04. The van der Waals surface area contributed by atoms with Gasteiger partial charge < -0.3 is 9.73 Å². The molecular weight excluding hydrogens is 214 g/mol. The van der Waals surface area contributed by atoms with Gasteiger partial charge in [-0.1, -0.05) is 26.7 Å². The molecule has 1 aromatic heterocycles. The van der Waals surface area contributed by atoms with Gasteiger partial charge in [0.2, 0.25) is 11.8 Å². The molecule has 4 nitrogen and oxygen atoms in total. The predicted molar refractivity (Wildman–Crippen MR) is 67.0 cm³/mol. The molecule has 1 aliphatic carbocycles. The van der Waals surface area contributed by atoms with Gasteiger partial charge in [-0.3, -0.25) is 0 Å². The molecule has 1 N–H and O–H groups in total. The number of unbranched alkanes of at least 4 members (excludes halogenated alkanes) is 1. The van der Waals surface area contributed by atoms with E-state index in [1.807, 2.05) is 0 Å². The first kappa shape index (κ1) is 12.6. The first-order valence-electron chi connectivity index (χ1n) is 6.85. The van der Waals surface area contributed by atoms with Crippen LogP contribution in [0.1, 0.15) is 63.7 Å². The van der Waals surface area contributed by atoms with E-state index >= 15 is 0 Å². The first-order valence-corrected chi connectivity index (χ1v) is 6.85. The summed E-state index contributed by atoms with van der Waals surface area (Å²) in [5.41, 5.74) is 0. The lowest BCUT2D eigenvalue weighted by molar-refractivity contribution is 0.407. The Kier molecular flexibility index (Phi) is 4.54. The Morgan fingerprint density at radius 2 is 2.24 bits per heavy atom. The maximum absolute atomic E-state index is 5.68. The van der Waals surface area contributed by atoms with Crippen molar-refractivity contribution in [3.63, 3.8) is 0 Å². The average molecular weight is 237 g/mol. The van der Waals surface area contributed by atoms with Crippen LogP contribution in [0.3, 0.4) is 0 Å². The maximum atomic E-state index is 5.68. The Morgan fingerprint density at radius 3 is 2.94 bits per heavy atom. The van der Waals surface area contributed by atoms with Crippen LogP contribution in [0.25, 0.3) is 0 Å². The standard InChI is InChI=1S/C13H23N3O/c1-3-4-5-10(2)13-16-15-12(17-13)8-9-14-11-6-7-11/h10-11,14H,3-9H2,1-2H3. The monoisotopic (exact) mass is 237 g/mol. The zero-order valence-corrected chi connectivity index (χ0v) is 10.9. The molecule has 1 aromatic rings. The molecule has 1 unspecified atom stereocenters. The lowest BCUT2D eigenvalue weighted by atomic mass is 10.1. The van der Waals surface area contributed by atoms with E-state index in [2.05, 4.69) is 29.4 Å². The van der Waals surface area contributed by atoms with E-state index in [4.69, 9.17) is 4.42 Å². The van der Waals surface area contributed by atoms with Crippen molar-refractivity contribution in [2.45, 2.75) is 64.3 Å². The minimum Gasteiger partial charge on any atom is -0.425 e. The number of rotatable bonds is 8. The molecule has 2 rings (SSSR count). The van der Waals surface area contributed by atoms with Gasteiger partial charge in [0.1, 0.15) is 0 Å². The highest BCUT2D eigenvalue weighted by Crippen LogP contribution is 2.20. The number of hydrogen-bond acceptors (Lipinski definition) is 4. The van der Waals surface area contributed by atoms with Crippen molar-refractivity contribution in [2.75, 3.05) is 6.54 Å². The fraction of sp³-hybridized carbons (Fsp3) is 0.846. The molecular formula is C13H23N3O. The van der Waals surface area contributed by atoms with Gasteiger partial charge in [-0.15, -0.1) is 10.2 Å². The molecule has 1 atom stereocenters. The van der Waals surface area contributed by atoms with Crippen molar-refractivity contribution in [3.05, 3.63) is 11.8 Å². The summed E-state index contributed by atoms with van der Waals surface area (Å²) >= 11 is 0. The minimum absolute atomic E-state index is 0.396. The Bertz CT molecular complexity index is 333. The van der Waals surface area contributed by atoms with E-state index in [0.717, 1.165) is 37.2 Å². The third-order valence-corrected chi connectivity index (χ3v) is 3.24. The van der Waals surface area contributed by atoms with Crippen molar-refractivity contribution < 1.29 is 4.42 Å². The van der Waals surface area contributed by atoms with Crippen LogP contribution in [0.4, 0.5) is 0 Å². The Labute approximate surface area is 103 Å². The largest absolute Gasteiger partial charge is 0.425 e. The van der Waals surface area contributed by atoms with E-state index in [0.29, 0.717) is 5.92 Å². The van der Waals surface area contributed by atoms with Crippen molar-refractivity contribution in [2.24, 2.45) is 0 Å². The normalized spacial score (nSPS) is 17.3. The summed E-state index contributed by atoms with van der Waals surface area (Å²) in [7, 11) is 0. The van der Waals surface area contributed by atoms with Gasteiger partial charge in [0, 0.05) is 24.9 Å². The highest BCUT2D eigenvalue weighted by Gasteiger charge is 2.20. The highest BCUT2D eigenvalue weighted by molar-refractivity contribution is 4.90. The molecule has 96 valence electrons. The lowest BCUT2D eigenvalue weighted by Crippen LogP contribution is -2.19. The molecule has 0 aliphatic heterocycles. The van der Waals surface area contributed by atoms with Crippen LogP contribution in [-0.2, 0) is 6.42 Å². The second kappa shape index (κ2) is 6.15. The second-order valence-electron chi connectivity index (χ2n) is 5.06. The van der Waals surface area contributed by atoms with Crippen molar-refractivity contribution in [3.8, 4) is 0 Å². The molecule has 0 aromatic carbocycles. The summed E-state index contributed by atoms with van der Waals surface area (Å²) in [5, 5.41) is 11.7. The molecule has 1 heterocycles. The van der Waals surface area contributed by atoms with Gasteiger partial charge in [-0.25, -0.2) is 0 Å². The summed E-state index contributed by atoms with van der Waals surface area (Å²) in [6.07, 6.45) is 7.08. The van der Waals surface area contributed by atoms with Crippen LogP contribution in [-0.4, -0.2) is 22.8 Å². The van der Waals surface area contributed by atoms with Crippen LogP contribution >= 0.6 is 0 Å². The summed E-state index contributed by atoms with van der Waals surface area (Å²) in [6, 6.07) is 0.751. The van der Waals surface area contributed by atoms with Crippen LogP contribution in [0, 0.1) is 0 Å². The first-order chi connectivity index (χ1) is 8.29. The van der Waals surface area contributed by atoms with E-state index in [-0.39, 0.29) is 0 Å². The van der Waals surface area contributed by atoms with Crippen LogP contribution < -0.4 is 5.32 Å². The van der Waals surface area contributed by atoms with Crippen molar-refractivity contribution in [1.29, 1.82) is 0 Å². The van der Waals surface area contributed by atoms with Crippen LogP contribution in [0.5, 0.6) is 0 Å². The van der Waals surface area contributed by atoms with E-state index in [1.54, 1.807) is 0 Å². The Hall–Kier alpha value is -0.900. The van der Waals surface area contributed by atoms with Gasteiger partial charge in [-0.2, -0.15) is 0 Å². The average Bonchev–Trinajstić information content (AvgIpc) is 3.03. The molecule has 0 amide bonds. The van der Waals surface area contributed by atoms with Gasteiger partial charge in [0.15, 0.2) is 0 Å². The fourth-order valence-electron chi connectivity index (χ4n) is 1.87. The molecule has 17 heavy (non-hydrogen) atoms. The van der Waals surface area contributed by atoms with E-state index in [1.165, 1.54) is 25.7 Å². The second-order valence-corrected chi connectivity index (χ2v) is 5.06. The zero-order valence-electron chi connectivity index (χ0n) is 10.9. The smallest absolute Gasteiger partial charge is 0.219 e. The van der Waals surface area contributed by atoms with Gasteiger partial charge in [-0.05, 0) is 19.3 Å². The quantitative estimate of drug-likeness (QED) is 0.755. The zero-order chi connectivity index (χ0) is 12.1. The molecule has 0 saturated heterocycles. The van der Waals surface area contributed by atoms with E-state index < -0.39 is 0 Å². The highest BCUT2D eigenvalue weighted by atomic mass is 16.4. The number of aromatic nitrogens is 2. The molecule has 0 radical (unpaired) electrons. The summed E-state index contributed by atoms with van der Waals surface area (Å²) in [4.78, 5) is 0. The molecule has 0 spiro atoms. The topological polar surface area (TPSA) is 51.0 Å². The molecule has 1 saturated carbocycles. The summed E-state index contributed by atoms with van der Waals surface area (Å²) in [5.74, 6) is 1.98. The van der Waals surface area contributed by atoms with Gasteiger partial charge >= 0.3 is 0 Å². The SMILES string of the molecule is CCCCC(C)c1nnc(CCNC2CC2)o1. The van der Waals surface area contributed by atoms with E-state index in [9.17, 15) is 0 Å². The molecule has 0 bridgehead atoms. The van der Waals surface area contributed by atoms with Crippen molar-refractivity contribution in [1.82, 2.24) is 15.5 Å².